The Hall–Kier alpha value is -1.17. The molecule has 0 radical (unpaired) electrons. The van der Waals surface area contributed by atoms with E-state index in [2.05, 4.69) is 21.2 Å². The minimum atomic E-state index is -0.110. The molecule has 2 aromatic carbocycles. The highest BCUT2D eigenvalue weighted by Crippen LogP contribution is 2.25. The van der Waals surface area contributed by atoms with Crippen molar-refractivity contribution in [3.8, 4) is 0 Å². The van der Waals surface area contributed by atoms with Crippen LogP contribution in [0.15, 0.2) is 51.8 Å². The van der Waals surface area contributed by atoms with Crippen LogP contribution in [0.2, 0.25) is 5.02 Å². The fourth-order valence-corrected chi connectivity index (χ4v) is 3.07. The summed E-state index contributed by atoms with van der Waals surface area (Å²) in [6, 6.07) is 12.8. The Morgan fingerprint density at radius 2 is 2.10 bits per heavy atom. The Bertz CT molecular complexity index is 636. The van der Waals surface area contributed by atoms with E-state index >= 15 is 0 Å². The van der Waals surface area contributed by atoms with Gasteiger partial charge in [-0.05, 0) is 36.4 Å². The van der Waals surface area contributed by atoms with Crippen molar-refractivity contribution < 1.29 is 4.79 Å². The largest absolute Gasteiger partial charge is 0.399 e. The third kappa shape index (κ3) is 4.44. The highest BCUT2D eigenvalue weighted by atomic mass is 79.9. The molecule has 3 N–H and O–H groups in total. The Labute approximate surface area is 135 Å². The molecule has 0 atom stereocenters. The lowest BCUT2D eigenvalue weighted by molar-refractivity contribution is -0.113. The van der Waals surface area contributed by atoms with Crippen LogP contribution in [0.25, 0.3) is 0 Å². The Balaban J connectivity index is 1.92. The first-order valence-electron chi connectivity index (χ1n) is 5.78. The highest BCUT2D eigenvalue weighted by molar-refractivity contribution is 9.10. The summed E-state index contributed by atoms with van der Waals surface area (Å²) in [5.74, 6) is 0.207. The number of hydrogen-bond acceptors (Lipinski definition) is 3. The molecule has 0 spiro atoms. The van der Waals surface area contributed by atoms with Crippen molar-refractivity contribution in [1.29, 1.82) is 0 Å². The maximum atomic E-state index is 11.9. The Kier molecular flexibility index (Phi) is 5.34. The van der Waals surface area contributed by atoms with Crippen molar-refractivity contribution in [3.05, 3.63) is 52.0 Å². The van der Waals surface area contributed by atoms with E-state index in [0.29, 0.717) is 22.2 Å². The number of nitrogens with one attached hydrogen (secondary N) is 1. The van der Waals surface area contributed by atoms with Crippen molar-refractivity contribution >= 4 is 56.6 Å². The predicted octanol–water partition coefficient (Wildman–Crippen LogP) is 4.42. The molecule has 0 heterocycles. The summed E-state index contributed by atoms with van der Waals surface area (Å²) in [5, 5.41) is 3.20. The van der Waals surface area contributed by atoms with Crippen molar-refractivity contribution in [3.63, 3.8) is 0 Å². The van der Waals surface area contributed by atoms with E-state index in [1.807, 2.05) is 24.3 Å². The van der Waals surface area contributed by atoms with Gasteiger partial charge in [0, 0.05) is 15.1 Å². The summed E-state index contributed by atoms with van der Waals surface area (Å²) in [6.07, 6.45) is 0. The van der Waals surface area contributed by atoms with Gasteiger partial charge in [0.1, 0.15) is 0 Å². The van der Waals surface area contributed by atoms with Crippen molar-refractivity contribution in [2.24, 2.45) is 0 Å². The number of nitrogens with two attached hydrogens (primary N) is 1. The van der Waals surface area contributed by atoms with Gasteiger partial charge >= 0.3 is 0 Å². The van der Waals surface area contributed by atoms with Crippen molar-refractivity contribution in [1.82, 2.24) is 0 Å². The molecule has 20 heavy (non-hydrogen) atoms. The molecular weight excluding hydrogens is 360 g/mol. The predicted molar refractivity (Wildman–Crippen MR) is 89.4 cm³/mol. The van der Waals surface area contributed by atoms with Gasteiger partial charge in [-0.25, -0.2) is 0 Å². The van der Waals surface area contributed by atoms with E-state index in [-0.39, 0.29) is 5.91 Å². The number of rotatable bonds is 4. The second-order valence-corrected chi connectivity index (χ2v) is 6.41. The van der Waals surface area contributed by atoms with Crippen molar-refractivity contribution in [2.45, 2.75) is 4.90 Å². The smallest absolute Gasteiger partial charge is 0.234 e. The normalized spacial score (nSPS) is 10.3. The lowest BCUT2D eigenvalue weighted by atomic mass is 10.3. The fraction of sp³-hybridized carbons (Fsp3) is 0.0714. The van der Waals surface area contributed by atoms with Gasteiger partial charge in [0.05, 0.1) is 16.5 Å². The topological polar surface area (TPSA) is 55.1 Å². The van der Waals surface area contributed by atoms with Crippen LogP contribution in [0.3, 0.4) is 0 Å². The van der Waals surface area contributed by atoms with Gasteiger partial charge in [-0.1, -0.05) is 33.6 Å². The summed E-state index contributed by atoms with van der Waals surface area (Å²) >= 11 is 10.9. The van der Waals surface area contributed by atoms with Crippen LogP contribution in [0.1, 0.15) is 0 Å². The number of carbonyl (C=O) groups excluding carboxylic acids is 1. The van der Waals surface area contributed by atoms with E-state index in [9.17, 15) is 4.79 Å². The van der Waals surface area contributed by atoms with Crippen molar-refractivity contribution in [2.75, 3.05) is 16.8 Å². The van der Waals surface area contributed by atoms with E-state index in [4.69, 9.17) is 17.3 Å². The molecule has 6 heteroatoms. The monoisotopic (exact) mass is 370 g/mol. The molecule has 0 bridgehead atoms. The van der Waals surface area contributed by atoms with Gasteiger partial charge < -0.3 is 11.1 Å². The molecule has 0 aromatic heterocycles. The molecule has 0 aliphatic heterocycles. The zero-order valence-electron chi connectivity index (χ0n) is 10.4. The maximum absolute atomic E-state index is 11.9. The van der Waals surface area contributed by atoms with E-state index in [1.165, 1.54) is 11.8 Å². The average molecular weight is 372 g/mol. The number of amides is 1. The molecule has 0 fully saturated rings. The summed E-state index contributed by atoms with van der Waals surface area (Å²) in [7, 11) is 0. The van der Waals surface area contributed by atoms with Gasteiger partial charge in [-0.2, -0.15) is 0 Å². The van der Waals surface area contributed by atoms with Crippen LogP contribution >= 0.6 is 39.3 Å². The van der Waals surface area contributed by atoms with Gasteiger partial charge in [-0.3, -0.25) is 4.79 Å². The molecule has 0 saturated heterocycles. The lowest BCUT2D eigenvalue weighted by Gasteiger charge is -2.08. The molecular formula is C14H12BrClN2OS. The molecule has 2 aromatic rings. The van der Waals surface area contributed by atoms with Gasteiger partial charge in [0.2, 0.25) is 5.91 Å². The number of halogens is 2. The second-order valence-electron chi connectivity index (χ2n) is 4.03. The SMILES string of the molecule is Nc1ccc(NC(=O)CSc2cccc(Br)c2)c(Cl)c1. The average Bonchev–Trinajstić information content (AvgIpc) is 2.40. The lowest BCUT2D eigenvalue weighted by Crippen LogP contribution is -2.14. The number of benzene rings is 2. The summed E-state index contributed by atoms with van der Waals surface area (Å²) in [4.78, 5) is 12.9. The van der Waals surface area contributed by atoms with Gasteiger partial charge in [-0.15, -0.1) is 11.8 Å². The number of hydrogen-bond donors (Lipinski definition) is 2. The maximum Gasteiger partial charge on any atom is 0.234 e. The van der Waals surface area contributed by atoms with Crippen LogP contribution in [0.5, 0.6) is 0 Å². The summed E-state index contributed by atoms with van der Waals surface area (Å²) in [6.45, 7) is 0. The van der Waals surface area contributed by atoms with Crippen LogP contribution in [0, 0.1) is 0 Å². The molecule has 3 nitrogen and oxygen atoms in total. The molecule has 104 valence electrons. The fourth-order valence-electron chi connectivity index (χ4n) is 1.52. The van der Waals surface area contributed by atoms with Gasteiger partial charge in [0.25, 0.3) is 0 Å². The van der Waals surface area contributed by atoms with Crippen LogP contribution in [0.4, 0.5) is 11.4 Å². The molecule has 1 amide bonds. The third-order valence-electron chi connectivity index (χ3n) is 2.43. The minimum Gasteiger partial charge on any atom is -0.399 e. The number of carbonyl (C=O) groups is 1. The van der Waals surface area contributed by atoms with Crippen LogP contribution < -0.4 is 11.1 Å². The zero-order valence-corrected chi connectivity index (χ0v) is 13.6. The van der Waals surface area contributed by atoms with Crippen LogP contribution in [-0.4, -0.2) is 11.7 Å². The summed E-state index contributed by atoms with van der Waals surface area (Å²) in [5.41, 5.74) is 6.74. The second kappa shape index (κ2) is 7.02. The molecule has 0 aliphatic rings. The molecule has 2 rings (SSSR count). The number of thioether (sulfide) groups is 1. The molecule has 0 saturated carbocycles. The van der Waals surface area contributed by atoms with Gasteiger partial charge in [0.15, 0.2) is 0 Å². The third-order valence-corrected chi connectivity index (χ3v) is 4.23. The first-order valence-corrected chi connectivity index (χ1v) is 7.93. The van der Waals surface area contributed by atoms with Crippen LogP contribution in [-0.2, 0) is 4.79 Å². The first kappa shape index (κ1) is 15.2. The summed E-state index contributed by atoms with van der Waals surface area (Å²) < 4.78 is 0.990. The number of anilines is 2. The Morgan fingerprint density at radius 3 is 2.80 bits per heavy atom. The van der Waals surface area contributed by atoms with E-state index in [1.54, 1.807) is 18.2 Å². The number of nitrogen functional groups attached to an aromatic ring is 1. The first-order chi connectivity index (χ1) is 9.54. The minimum absolute atomic E-state index is 0.110. The zero-order chi connectivity index (χ0) is 14.5. The molecule has 0 aliphatic carbocycles. The highest BCUT2D eigenvalue weighted by Gasteiger charge is 2.07. The quantitative estimate of drug-likeness (QED) is 0.618. The standard InChI is InChI=1S/C14H12BrClN2OS/c15-9-2-1-3-11(6-9)20-8-14(19)18-13-5-4-10(17)7-12(13)16/h1-7H,8,17H2,(H,18,19). The van der Waals surface area contributed by atoms with E-state index in [0.717, 1.165) is 9.37 Å². The molecule has 0 unspecified atom stereocenters. The van der Waals surface area contributed by atoms with E-state index < -0.39 is 0 Å². The Morgan fingerprint density at radius 1 is 1.30 bits per heavy atom.